The number of rotatable bonds is 16. The van der Waals surface area contributed by atoms with Gasteiger partial charge in [-0.15, -0.1) is 0 Å². The van der Waals surface area contributed by atoms with Crippen molar-refractivity contribution in [3.05, 3.63) is 240 Å². The number of primary sulfonamides is 1. The molecule has 0 spiro atoms. The minimum atomic E-state index is -5.58. The zero-order chi connectivity index (χ0) is 69.9. The van der Waals surface area contributed by atoms with E-state index >= 15 is 0 Å². The molecule has 0 unspecified atom stereocenters. The number of H-pyrrole nitrogens is 3. The van der Waals surface area contributed by atoms with Crippen molar-refractivity contribution < 1.29 is 60.4 Å². The summed E-state index contributed by atoms with van der Waals surface area (Å²) in [7, 11) is -19.2. The molecule has 0 fully saturated rings. The van der Waals surface area contributed by atoms with Crippen LogP contribution in [0.5, 0.6) is 0 Å². The quantitative estimate of drug-likeness (QED) is 0.0524. The number of benzene rings is 9. The highest BCUT2D eigenvalue weighted by atomic mass is 32.2. The van der Waals surface area contributed by atoms with Crippen LogP contribution in [0.25, 0.3) is 103 Å². The summed E-state index contributed by atoms with van der Waals surface area (Å²) in [5.74, 6) is 1.81. The van der Waals surface area contributed by atoms with E-state index in [0.717, 1.165) is 61.7 Å². The van der Waals surface area contributed by atoms with Crippen molar-refractivity contribution in [1.82, 2.24) is 29.9 Å². The van der Waals surface area contributed by atoms with Crippen LogP contribution in [0.1, 0.15) is 53.6 Å². The fraction of sp³-hybridized carbons (Fsp3) is 0.100. The van der Waals surface area contributed by atoms with Gasteiger partial charge < -0.3 is 20.1 Å². The summed E-state index contributed by atoms with van der Waals surface area (Å²) in [5, 5.41) is 15.9. The van der Waals surface area contributed by atoms with Crippen molar-refractivity contribution in [2.45, 2.75) is 44.5 Å². The standard InChI is InChI=1S/C25H24N2O3S.C23H18F3N3O4S2.C22H19N3O4S2/c1-25(2,28)21-7-5-4-6-20(21)18-11-14-22-23(16-18)27-24(26-22)15-10-17-8-12-19(13-9-17)31(3,29)30;1-34(30,31)17-10-6-15(7-11-17)8-13-22-27-20-12-9-16(14-21(20)28-22)18-4-2-3-5-19(18)29-35(32,33)23(24,25)26;1-30(26,27)17-10-6-15(7-11-17)8-13-22-24-19-12-9-16(14-20(19)25-22)18-4-2-3-5-21(18)31(23,28)29/h4-16,28H,1-3H3,(H,26,27);2-14,29H,1H3,(H,27,28);2-14H,1H3,(H,24,25)(H2,23,28,29)/b15-10+;2*13-8+. The summed E-state index contributed by atoms with van der Waals surface area (Å²) in [6, 6.07) is 56.1. The number of sulfonamides is 2. The average molecular weight is 1410 g/mol. The Labute approximate surface area is 557 Å². The van der Waals surface area contributed by atoms with Gasteiger partial charge in [0.1, 0.15) is 17.5 Å². The lowest BCUT2D eigenvalue weighted by atomic mass is 9.89. The number of nitrogens with two attached hydrogens (primary N) is 1. The van der Waals surface area contributed by atoms with Gasteiger partial charge in [-0.25, -0.2) is 53.8 Å². The number of hydrogen-bond acceptors (Lipinski definition) is 14. The Balaban J connectivity index is 0.000000158. The number of para-hydroxylation sites is 1. The van der Waals surface area contributed by atoms with Crippen LogP contribution in [0.3, 0.4) is 0 Å². The molecule has 12 rings (SSSR count). The first-order valence-corrected chi connectivity index (χ1v) is 37.8. The van der Waals surface area contributed by atoms with Gasteiger partial charge in [0.05, 0.1) is 64.0 Å². The molecule has 0 radical (unpaired) electrons. The van der Waals surface area contributed by atoms with Gasteiger partial charge in [-0.1, -0.05) is 133 Å². The van der Waals surface area contributed by atoms with Gasteiger partial charge in [0.25, 0.3) is 0 Å². The first kappa shape index (κ1) is 69.7. The number of anilines is 1. The molecule has 498 valence electrons. The van der Waals surface area contributed by atoms with Crippen molar-refractivity contribution in [2.75, 3.05) is 23.5 Å². The van der Waals surface area contributed by atoms with Crippen LogP contribution in [0.2, 0.25) is 0 Å². The minimum Gasteiger partial charge on any atom is -0.386 e. The predicted molar refractivity (Wildman–Crippen MR) is 375 cm³/mol. The third kappa shape index (κ3) is 17.3. The Bertz CT molecular complexity index is 5650. The third-order valence-electron chi connectivity index (χ3n) is 14.9. The number of halogens is 3. The molecular formula is C70H61F3N8O11S5. The Morgan fingerprint density at radius 1 is 0.423 bits per heavy atom. The van der Waals surface area contributed by atoms with E-state index in [2.05, 4.69) is 29.9 Å². The largest absolute Gasteiger partial charge is 0.516 e. The number of sulfone groups is 3. The lowest BCUT2D eigenvalue weighted by Crippen LogP contribution is -2.30. The molecule has 0 aliphatic rings. The second-order valence-electron chi connectivity index (χ2n) is 22.8. The van der Waals surface area contributed by atoms with E-state index in [9.17, 15) is 60.4 Å². The van der Waals surface area contributed by atoms with Crippen molar-refractivity contribution in [2.24, 2.45) is 5.14 Å². The Kier molecular flexibility index (Phi) is 19.8. The Morgan fingerprint density at radius 2 is 0.753 bits per heavy atom. The van der Waals surface area contributed by atoms with Gasteiger partial charge in [0.15, 0.2) is 29.5 Å². The summed E-state index contributed by atoms with van der Waals surface area (Å²) < 4.78 is 157. The predicted octanol–water partition coefficient (Wildman–Crippen LogP) is 13.5. The first-order chi connectivity index (χ1) is 45.6. The molecule has 9 aromatic carbocycles. The van der Waals surface area contributed by atoms with Crippen LogP contribution in [0.4, 0.5) is 18.9 Å². The zero-order valence-electron chi connectivity index (χ0n) is 52.1. The van der Waals surface area contributed by atoms with Gasteiger partial charge in [0, 0.05) is 29.9 Å². The molecule has 12 aromatic rings. The first-order valence-electron chi connectivity index (χ1n) is 29.1. The van der Waals surface area contributed by atoms with Crippen molar-refractivity contribution in [3.63, 3.8) is 0 Å². The minimum absolute atomic E-state index is 0.0616. The highest BCUT2D eigenvalue weighted by Gasteiger charge is 2.46. The lowest BCUT2D eigenvalue weighted by Gasteiger charge is -2.21. The van der Waals surface area contributed by atoms with Gasteiger partial charge in [0.2, 0.25) is 10.0 Å². The number of alkyl halides is 3. The van der Waals surface area contributed by atoms with Crippen molar-refractivity contribution in [1.29, 1.82) is 0 Å². The van der Waals surface area contributed by atoms with E-state index in [1.807, 2.05) is 66.8 Å². The van der Waals surface area contributed by atoms with Gasteiger partial charge in [-0.3, -0.25) is 4.72 Å². The van der Waals surface area contributed by atoms with E-state index in [0.29, 0.717) is 50.1 Å². The second kappa shape index (κ2) is 27.5. The van der Waals surface area contributed by atoms with Crippen molar-refractivity contribution >= 4 is 125 Å². The molecule has 0 amide bonds. The van der Waals surface area contributed by atoms with Gasteiger partial charge in [-0.05, 0) is 162 Å². The number of aromatic amines is 3. The third-order valence-corrected chi connectivity index (χ3v) is 20.4. The molecular weight excluding hydrogens is 1350 g/mol. The summed E-state index contributed by atoms with van der Waals surface area (Å²) in [4.78, 5) is 24.0. The van der Waals surface area contributed by atoms with Crippen LogP contribution in [0.15, 0.2) is 220 Å². The number of fused-ring (bicyclic) bond motifs is 3. The molecule has 0 saturated carbocycles. The highest BCUT2D eigenvalue weighted by Crippen LogP contribution is 2.36. The van der Waals surface area contributed by atoms with E-state index in [1.165, 1.54) is 48.9 Å². The number of imidazole rings is 3. The van der Waals surface area contributed by atoms with E-state index < -0.39 is 60.7 Å². The molecule has 27 heteroatoms. The van der Waals surface area contributed by atoms with Crippen molar-refractivity contribution in [3.8, 4) is 33.4 Å². The zero-order valence-corrected chi connectivity index (χ0v) is 56.2. The Morgan fingerprint density at radius 3 is 1.11 bits per heavy atom. The van der Waals surface area contributed by atoms with Crippen LogP contribution in [-0.2, 0) is 55.2 Å². The monoisotopic (exact) mass is 1410 g/mol. The SMILES string of the molecule is CC(C)(O)c1ccccc1-c1ccc2nc(/C=C/c3ccc(S(C)(=O)=O)cc3)[nH]c2c1.CS(=O)(=O)c1ccc(/C=C/c2nc3ccc(-c4ccccc4NS(=O)(=O)C(F)(F)F)cc3[nH]2)cc1.CS(=O)(=O)c1ccc(/C=C/c2nc3ccc(-c4ccccc4S(N)(=O)=O)cc3[nH]2)cc1. The summed E-state index contributed by atoms with van der Waals surface area (Å²) in [6.45, 7) is 3.57. The number of aliphatic hydroxyl groups is 1. The smallest absolute Gasteiger partial charge is 0.386 e. The van der Waals surface area contributed by atoms with E-state index in [4.69, 9.17) is 5.14 Å². The molecule has 0 atom stereocenters. The maximum Gasteiger partial charge on any atom is 0.516 e. The average Bonchev–Trinajstić information content (AvgIpc) is 1.68. The summed E-state index contributed by atoms with van der Waals surface area (Å²) in [5.41, 5.74) is 5.07. The number of nitrogens with zero attached hydrogens (tertiary/aromatic N) is 3. The fourth-order valence-electron chi connectivity index (χ4n) is 10.1. The van der Waals surface area contributed by atoms with Crippen LogP contribution in [0, 0.1) is 0 Å². The number of nitrogens with one attached hydrogen (secondary N) is 4. The molecule has 3 heterocycles. The molecule has 0 aliphatic heterocycles. The highest BCUT2D eigenvalue weighted by molar-refractivity contribution is 7.93. The molecule has 7 N–H and O–H groups in total. The Hall–Kier alpha value is -10.1. The number of hydrogen-bond donors (Lipinski definition) is 6. The van der Waals surface area contributed by atoms with Gasteiger partial charge in [-0.2, -0.15) is 21.6 Å². The molecule has 19 nitrogen and oxygen atoms in total. The molecule has 3 aromatic heterocycles. The lowest BCUT2D eigenvalue weighted by molar-refractivity contribution is -0.0429. The number of aromatic nitrogens is 6. The molecule has 0 aliphatic carbocycles. The molecule has 97 heavy (non-hydrogen) atoms. The molecule has 0 saturated heterocycles. The fourth-order valence-corrected chi connectivity index (χ4v) is 13.3. The van der Waals surface area contributed by atoms with E-state index in [1.54, 1.807) is 152 Å². The summed E-state index contributed by atoms with van der Waals surface area (Å²) in [6.07, 6.45) is 14.3. The summed E-state index contributed by atoms with van der Waals surface area (Å²) >= 11 is 0. The van der Waals surface area contributed by atoms with Crippen LogP contribution >= 0.6 is 0 Å². The normalized spacial score (nSPS) is 12.7. The maximum absolute atomic E-state index is 12.8. The topological polar surface area (TPSA) is 315 Å². The second-order valence-corrected chi connectivity index (χ2v) is 32.1. The van der Waals surface area contributed by atoms with E-state index in [-0.39, 0.29) is 25.9 Å². The van der Waals surface area contributed by atoms with Crippen LogP contribution < -0.4 is 9.86 Å². The maximum atomic E-state index is 12.8. The van der Waals surface area contributed by atoms with Gasteiger partial charge >= 0.3 is 15.5 Å². The molecule has 0 bridgehead atoms. The van der Waals surface area contributed by atoms with Crippen LogP contribution in [-0.4, -0.2) is 101 Å².